The Labute approximate surface area is 144 Å². The van der Waals surface area contributed by atoms with Gasteiger partial charge in [-0.1, -0.05) is 41.9 Å². The van der Waals surface area contributed by atoms with Crippen molar-refractivity contribution >= 4 is 29.0 Å². The lowest BCUT2D eigenvalue weighted by Gasteiger charge is -2.19. The molecule has 0 aliphatic rings. The van der Waals surface area contributed by atoms with Crippen molar-refractivity contribution < 1.29 is 14.0 Å². The van der Waals surface area contributed by atoms with E-state index < -0.39 is 0 Å². The fourth-order valence-corrected chi connectivity index (χ4v) is 2.57. The molecule has 24 heavy (non-hydrogen) atoms. The van der Waals surface area contributed by atoms with E-state index in [9.17, 15) is 9.59 Å². The zero-order chi connectivity index (χ0) is 17.1. The molecule has 0 bridgehead atoms. The van der Waals surface area contributed by atoms with Gasteiger partial charge in [0.05, 0.1) is 12.0 Å². The quantitative estimate of drug-likeness (QED) is 0.660. The molecule has 5 heteroatoms. The van der Waals surface area contributed by atoms with Crippen LogP contribution in [0.2, 0.25) is 5.02 Å². The van der Waals surface area contributed by atoms with E-state index in [0.29, 0.717) is 21.8 Å². The molecule has 0 N–H and O–H groups in total. The molecule has 0 saturated carbocycles. The zero-order valence-electron chi connectivity index (χ0n) is 12.9. The predicted octanol–water partition coefficient (Wildman–Crippen LogP) is 4.44. The Morgan fingerprint density at radius 1 is 1.00 bits per heavy atom. The molecule has 4 nitrogen and oxygen atoms in total. The molecule has 0 spiro atoms. The van der Waals surface area contributed by atoms with Gasteiger partial charge in [-0.05, 0) is 30.3 Å². The van der Waals surface area contributed by atoms with E-state index in [1.165, 1.54) is 11.2 Å². The minimum absolute atomic E-state index is 0.200. The summed E-state index contributed by atoms with van der Waals surface area (Å²) < 4.78 is 5.14. The molecule has 2 aromatic carbocycles. The van der Waals surface area contributed by atoms with Crippen LogP contribution in [-0.2, 0) is 0 Å². The molecule has 3 aromatic rings. The van der Waals surface area contributed by atoms with Crippen LogP contribution in [0.4, 0.5) is 5.69 Å². The van der Waals surface area contributed by atoms with Crippen LogP contribution in [0.5, 0.6) is 0 Å². The molecule has 0 aliphatic carbocycles. The Balaban J connectivity index is 2.03. The second-order valence-electron chi connectivity index (χ2n) is 5.20. The summed E-state index contributed by atoms with van der Waals surface area (Å²) >= 11 is 6.06. The molecular weight excluding hydrogens is 326 g/mol. The van der Waals surface area contributed by atoms with Gasteiger partial charge in [-0.25, -0.2) is 0 Å². The highest BCUT2D eigenvalue weighted by Crippen LogP contribution is 2.27. The largest absolute Gasteiger partial charge is 0.459 e. The van der Waals surface area contributed by atoms with E-state index in [0.717, 1.165) is 0 Å². The highest BCUT2D eigenvalue weighted by molar-refractivity contribution is 6.31. The highest BCUT2D eigenvalue weighted by atomic mass is 35.5. The Hall–Kier alpha value is -2.85. The third kappa shape index (κ3) is 3.09. The average Bonchev–Trinajstić information content (AvgIpc) is 3.15. The van der Waals surface area contributed by atoms with Gasteiger partial charge in [-0.2, -0.15) is 0 Å². The van der Waals surface area contributed by atoms with E-state index in [1.54, 1.807) is 61.6 Å². The number of ketones is 1. The normalized spacial score (nSPS) is 10.4. The van der Waals surface area contributed by atoms with Gasteiger partial charge in [0, 0.05) is 23.2 Å². The summed E-state index contributed by atoms with van der Waals surface area (Å²) in [7, 11) is 1.59. The number of furan rings is 1. The van der Waals surface area contributed by atoms with Crippen LogP contribution >= 0.6 is 11.6 Å². The van der Waals surface area contributed by atoms with Crippen molar-refractivity contribution in [3.63, 3.8) is 0 Å². The summed E-state index contributed by atoms with van der Waals surface area (Å²) in [4.78, 5) is 26.7. The van der Waals surface area contributed by atoms with Crippen LogP contribution in [0.25, 0.3) is 0 Å². The molecule has 0 fully saturated rings. The van der Waals surface area contributed by atoms with Gasteiger partial charge >= 0.3 is 0 Å². The standard InChI is InChI=1S/C19H14ClNO3/c1-21(19(23)17-8-5-11-24-17)16-10-9-14(20)12-15(16)18(22)13-6-3-2-4-7-13/h2-12H,1H3. The lowest BCUT2D eigenvalue weighted by molar-refractivity contribution is 0.0966. The summed E-state index contributed by atoms with van der Waals surface area (Å²) in [5, 5.41) is 0.428. The molecule has 1 aromatic heterocycles. The molecular formula is C19H14ClNO3. The fraction of sp³-hybridized carbons (Fsp3) is 0.0526. The van der Waals surface area contributed by atoms with Crippen LogP contribution in [0, 0.1) is 0 Å². The van der Waals surface area contributed by atoms with Crippen molar-refractivity contribution in [1.82, 2.24) is 0 Å². The maximum Gasteiger partial charge on any atom is 0.293 e. The Morgan fingerprint density at radius 2 is 1.75 bits per heavy atom. The molecule has 0 radical (unpaired) electrons. The molecule has 0 unspecified atom stereocenters. The van der Waals surface area contributed by atoms with Gasteiger partial charge < -0.3 is 9.32 Å². The number of rotatable bonds is 4. The van der Waals surface area contributed by atoms with Gasteiger partial charge in [-0.3, -0.25) is 9.59 Å². The van der Waals surface area contributed by atoms with E-state index in [1.807, 2.05) is 6.07 Å². The third-order valence-electron chi connectivity index (χ3n) is 3.64. The molecule has 1 heterocycles. The minimum Gasteiger partial charge on any atom is -0.459 e. The van der Waals surface area contributed by atoms with Gasteiger partial charge in [0.1, 0.15) is 0 Å². The molecule has 1 amide bonds. The number of amides is 1. The molecule has 120 valence electrons. The van der Waals surface area contributed by atoms with Crippen LogP contribution in [0.15, 0.2) is 71.3 Å². The van der Waals surface area contributed by atoms with Crippen molar-refractivity contribution in [2.75, 3.05) is 11.9 Å². The first kappa shape index (κ1) is 16.0. The second-order valence-corrected chi connectivity index (χ2v) is 5.63. The van der Waals surface area contributed by atoms with Crippen molar-refractivity contribution in [1.29, 1.82) is 0 Å². The van der Waals surface area contributed by atoms with Crippen LogP contribution in [0.1, 0.15) is 26.5 Å². The first-order chi connectivity index (χ1) is 11.6. The smallest absolute Gasteiger partial charge is 0.293 e. The van der Waals surface area contributed by atoms with Crippen LogP contribution < -0.4 is 4.90 Å². The maximum absolute atomic E-state index is 12.8. The Kier molecular flexibility index (Phi) is 4.49. The number of hydrogen-bond acceptors (Lipinski definition) is 3. The number of nitrogens with zero attached hydrogens (tertiary/aromatic N) is 1. The monoisotopic (exact) mass is 339 g/mol. The molecule has 0 saturated heterocycles. The first-order valence-electron chi connectivity index (χ1n) is 7.29. The number of benzene rings is 2. The topological polar surface area (TPSA) is 50.5 Å². The summed E-state index contributed by atoms with van der Waals surface area (Å²) in [6.07, 6.45) is 1.43. The van der Waals surface area contributed by atoms with Crippen LogP contribution in [0.3, 0.4) is 0 Å². The van der Waals surface area contributed by atoms with Crippen molar-refractivity contribution in [3.05, 3.63) is 88.8 Å². The number of hydrogen-bond donors (Lipinski definition) is 0. The number of carbonyl (C=O) groups excluding carboxylic acids is 2. The summed E-state index contributed by atoms with van der Waals surface area (Å²) in [6, 6.07) is 16.9. The van der Waals surface area contributed by atoms with E-state index in [-0.39, 0.29) is 17.5 Å². The third-order valence-corrected chi connectivity index (χ3v) is 3.87. The lowest BCUT2D eigenvalue weighted by atomic mass is 10.0. The number of halogens is 1. The van der Waals surface area contributed by atoms with Crippen molar-refractivity contribution in [2.24, 2.45) is 0 Å². The Bertz CT molecular complexity index is 873. The minimum atomic E-state index is -0.343. The van der Waals surface area contributed by atoms with E-state index >= 15 is 0 Å². The van der Waals surface area contributed by atoms with Crippen molar-refractivity contribution in [3.8, 4) is 0 Å². The summed E-state index contributed by atoms with van der Waals surface area (Å²) in [5.41, 5.74) is 1.35. The SMILES string of the molecule is CN(C(=O)c1ccco1)c1ccc(Cl)cc1C(=O)c1ccccc1. The predicted molar refractivity (Wildman–Crippen MR) is 92.8 cm³/mol. The van der Waals surface area contributed by atoms with Gasteiger partial charge in [-0.15, -0.1) is 0 Å². The first-order valence-corrected chi connectivity index (χ1v) is 7.66. The lowest BCUT2D eigenvalue weighted by Crippen LogP contribution is -2.27. The second kappa shape index (κ2) is 6.72. The average molecular weight is 340 g/mol. The molecule has 0 atom stereocenters. The van der Waals surface area contributed by atoms with E-state index in [4.69, 9.17) is 16.0 Å². The fourth-order valence-electron chi connectivity index (χ4n) is 2.40. The van der Waals surface area contributed by atoms with E-state index in [2.05, 4.69) is 0 Å². The van der Waals surface area contributed by atoms with Gasteiger partial charge in [0.25, 0.3) is 5.91 Å². The Morgan fingerprint density at radius 3 is 2.42 bits per heavy atom. The molecule has 3 rings (SSSR count). The summed E-state index contributed by atoms with van der Waals surface area (Å²) in [6.45, 7) is 0. The molecule has 0 aliphatic heterocycles. The number of anilines is 1. The number of carbonyl (C=O) groups is 2. The van der Waals surface area contributed by atoms with Crippen molar-refractivity contribution in [2.45, 2.75) is 0 Å². The van der Waals surface area contributed by atoms with Gasteiger partial charge in [0.2, 0.25) is 0 Å². The zero-order valence-corrected chi connectivity index (χ0v) is 13.7. The van der Waals surface area contributed by atoms with Crippen LogP contribution in [-0.4, -0.2) is 18.7 Å². The maximum atomic E-state index is 12.8. The van der Waals surface area contributed by atoms with Gasteiger partial charge in [0.15, 0.2) is 11.5 Å². The summed E-state index contributed by atoms with van der Waals surface area (Å²) in [5.74, 6) is -0.345. The highest BCUT2D eigenvalue weighted by Gasteiger charge is 2.22.